The molecule has 0 spiro atoms. The molecule has 5 heteroatoms. The number of ether oxygens (including phenoxy) is 1. The van der Waals surface area contributed by atoms with Gasteiger partial charge >= 0.3 is 0 Å². The summed E-state index contributed by atoms with van der Waals surface area (Å²) in [5, 5.41) is 3.83. The highest BCUT2D eigenvalue weighted by atomic mass is 16.5. The number of aryl methyl sites for hydroxylation is 1. The van der Waals surface area contributed by atoms with Gasteiger partial charge in [-0.15, -0.1) is 0 Å². The molecule has 23 heavy (non-hydrogen) atoms. The summed E-state index contributed by atoms with van der Waals surface area (Å²) in [6.45, 7) is 3.39. The number of carbonyl (C=O) groups excluding carboxylic acids is 1. The molecule has 1 aliphatic carbocycles. The minimum absolute atomic E-state index is 0.0169. The smallest absolute Gasteiger partial charge is 0.276 e. The second-order valence-corrected chi connectivity index (χ2v) is 6.58. The van der Waals surface area contributed by atoms with Crippen LogP contribution in [-0.2, 0) is 0 Å². The van der Waals surface area contributed by atoms with E-state index in [4.69, 9.17) is 9.26 Å². The summed E-state index contributed by atoms with van der Waals surface area (Å²) in [4.78, 5) is 14.3. The number of para-hydroxylation sites is 1. The normalized spacial score (nSPS) is 26.3. The van der Waals surface area contributed by atoms with Crippen molar-refractivity contribution < 1.29 is 14.1 Å². The summed E-state index contributed by atoms with van der Waals surface area (Å²) in [5.41, 5.74) is 0.416. The second-order valence-electron chi connectivity index (χ2n) is 6.58. The van der Waals surface area contributed by atoms with Gasteiger partial charge in [0.1, 0.15) is 11.5 Å². The molecule has 4 rings (SSSR count). The number of aromatic nitrogens is 1. The van der Waals surface area contributed by atoms with Crippen LogP contribution in [0.4, 0.5) is 0 Å². The lowest BCUT2D eigenvalue weighted by Gasteiger charge is -2.19. The van der Waals surface area contributed by atoms with Crippen LogP contribution in [0.15, 0.2) is 40.9 Å². The quantitative estimate of drug-likeness (QED) is 0.874. The summed E-state index contributed by atoms with van der Waals surface area (Å²) >= 11 is 0. The Bertz CT molecular complexity index is 683. The lowest BCUT2D eigenvalue weighted by molar-refractivity contribution is 0.0759. The van der Waals surface area contributed by atoms with E-state index in [0.717, 1.165) is 31.7 Å². The van der Waals surface area contributed by atoms with Gasteiger partial charge in [0.05, 0.1) is 6.10 Å². The van der Waals surface area contributed by atoms with Crippen molar-refractivity contribution in [2.75, 3.05) is 13.1 Å². The van der Waals surface area contributed by atoms with Crippen molar-refractivity contribution in [1.29, 1.82) is 0 Å². The minimum Gasteiger partial charge on any atom is -0.490 e. The van der Waals surface area contributed by atoms with Gasteiger partial charge in [0.25, 0.3) is 5.91 Å². The number of hydrogen-bond acceptors (Lipinski definition) is 4. The largest absolute Gasteiger partial charge is 0.490 e. The zero-order valence-corrected chi connectivity index (χ0v) is 13.1. The van der Waals surface area contributed by atoms with Crippen molar-refractivity contribution in [3.05, 3.63) is 47.9 Å². The van der Waals surface area contributed by atoms with Crippen LogP contribution in [0.1, 0.15) is 29.1 Å². The van der Waals surface area contributed by atoms with Crippen molar-refractivity contribution in [2.24, 2.45) is 11.8 Å². The molecule has 1 aliphatic heterocycles. The second kappa shape index (κ2) is 5.72. The van der Waals surface area contributed by atoms with E-state index in [0.29, 0.717) is 23.3 Å². The van der Waals surface area contributed by atoms with Crippen LogP contribution in [0.5, 0.6) is 5.75 Å². The fourth-order valence-electron chi connectivity index (χ4n) is 3.83. The van der Waals surface area contributed by atoms with E-state index in [-0.39, 0.29) is 12.0 Å². The predicted molar refractivity (Wildman–Crippen MR) is 84.2 cm³/mol. The third-order valence-corrected chi connectivity index (χ3v) is 4.89. The number of likely N-dealkylation sites (tertiary alicyclic amines) is 1. The summed E-state index contributed by atoms with van der Waals surface area (Å²) in [7, 11) is 0. The average Bonchev–Trinajstić information content (AvgIpc) is 3.22. The van der Waals surface area contributed by atoms with Crippen LogP contribution in [0, 0.1) is 18.8 Å². The Labute approximate surface area is 135 Å². The standard InChI is InChI=1S/C18H20N2O3/c1-12-7-17(19-23-12)18(21)20-10-13-8-16(9-14(13)11-20)22-15-5-3-2-4-6-15/h2-7,13-14,16H,8-11H2,1H3/t13-,14+,16?. The Morgan fingerprint density at radius 2 is 1.91 bits per heavy atom. The van der Waals surface area contributed by atoms with Gasteiger partial charge in [0, 0.05) is 19.2 Å². The molecule has 2 aromatic rings. The van der Waals surface area contributed by atoms with E-state index in [1.54, 1.807) is 13.0 Å². The molecule has 2 fully saturated rings. The van der Waals surface area contributed by atoms with Gasteiger partial charge in [0.2, 0.25) is 0 Å². The number of rotatable bonds is 3. The number of hydrogen-bond donors (Lipinski definition) is 0. The Morgan fingerprint density at radius 3 is 2.52 bits per heavy atom. The molecule has 1 unspecified atom stereocenters. The first-order valence-electron chi connectivity index (χ1n) is 8.13. The van der Waals surface area contributed by atoms with Crippen LogP contribution in [0.25, 0.3) is 0 Å². The van der Waals surface area contributed by atoms with Gasteiger partial charge in [-0.25, -0.2) is 0 Å². The van der Waals surface area contributed by atoms with Gasteiger partial charge in [0.15, 0.2) is 5.69 Å². The molecular weight excluding hydrogens is 292 g/mol. The highest BCUT2D eigenvalue weighted by Crippen LogP contribution is 2.40. The predicted octanol–water partition coefficient (Wildman–Crippen LogP) is 2.91. The lowest BCUT2D eigenvalue weighted by atomic mass is 10.0. The number of amides is 1. The van der Waals surface area contributed by atoms with Crippen molar-refractivity contribution in [3.8, 4) is 5.75 Å². The summed E-state index contributed by atoms with van der Waals surface area (Å²) in [6, 6.07) is 11.7. The molecule has 1 aromatic carbocycles. The highest BCUT2D eigenvalue weighted by molar-refractivity contribution is 5.92. The number of fused-ring (bicyclic) bond motifs is 1. The summed E-state index contributed by atoms with van der Waals surface area (Å²) in [5.74, 6) is 2.64. The molecule has 3 atom stereocenters. The molecule has 2 heterocycles. The van der Waals surface area contributed by atoms with E-state index >= 15 is 0 Å². The Balaban J connectivity index is 1.36. The van der Waals surface area contributed by atoms with Gasteiger partial charge in [-0.05, 0) is 43.7 Å². The summed E-state index contributed by atoms with van der Waals surface area (Å²) in [6.07, 6.45) is 2.29. The van der Waals surface area contributed by atoms with E-state index in [1.807, 2.05) is 35.2 Å². The third-order valence-electron chi connectivity index (χ3n) is 4.89. The first-order valence-corrected chi connectivity index (χ1v) is 8.13. The molecule has 2 aliphatic rings. The van der Waals surface area contributed by atoms with Gasteiger partial charge in [-0.3, -0.25) is 4.79 Å². The monoisotopic (exact) mass is 312 g/mol. The summed E-state index contributed by atoms with van der Waals surface area (Å²) < 4.78 is 11.1. The fourth-order valence-corrected chi connectivity index (χ4v) is 3.83. The topological polar surface area (TPSA) is 55.6 Å². The minimum atomic E-state index is -0.0169. The highest BCUT2D eigenvalue weighted by Gasteiger charge is 2.43. The van der Waals surface area contributed by atoms with Crippen LogP contribution in [0.3, 0.4) is 0 Å². The van der Waals surface area contributed by atoms with Crippen LogP contribution in [0.2, 0.25) is 0 Å². The van der Waals surface area contributed by atoms with Crippen molar-refractivity contribution in [1.82, 2.24) is 10.1 Å². The third kappa shape index (κ3) is 2.83. The first-order chi connectivity index (χ1) is 11.2. The zero-order chi connectivity index (χ0) is 15.8. The number of benzene rings is 1. The van der Waals surface area contributed by atoms with Crippen molar-refractivity contribution in [2.45, 2.75) is 25.9 Å². The molecule has 5 nitrogen and oxygen atoms in total. The Hall–Kier alpha value is -2.30. The number of carbonyl (C=O) groups is 1. The lowest BCUT2D eigenvalue weighted by Crippen LogP contribution is -2.31. The fraction of sp³-hybridized carbons (Fsp3) is 0.444. The van der Waals surface area contributed by atoms with E-state index in [2.05, 4.69) is 5.16 Å². The molecule has 1 saturated carbocycles. The Morgan fingerprint density at radius 1 is 1.22 bits per heavy atom. The van der Waals surface area contributed by atoms with Crippen LogP contribution in [-0.4, -0.2) is 35.2 Å². The van der Waals surface area contributed by atoms with Crippen molar-refractivity contribution in [3.63, 3.8) is 0 Å². The van der Waals surface area contributed by atoms with E-state index < -0.39 is 0 Å². The Kier molecular flexibility index (Phi) is 3.56. The van der Waals surface area contributed by atoms with Gasteiger partial charge in [-0.1, -0.05) is 23.4 Å². The van der Waals surface area contributed by atoms with E-state index in [9.17, 15) is 4.79 Å². The van der Waals surface area contributed by atoms with Crippen LogP contribution >= 0.6 is 0 Å². The maximum Gasteiger partial charge on any atom is 0.276 e. The van der Waals surface area contributed by atoms with E-state index in [1.165, 1.54) is 0 Å². The zero-order valence-electron chi connectivity index (χ0n) is 13.1. The van der Waals surface area contributed by atoms with Crippen molar-refractivity contribution >= 4 is 5.91 Å². The SMILES string of the molecule is Cc1cc(C(=O)N2C[C@H]3CC(Oc4ccccc4)C[C@H]3C2)no1. The molecule has 1 amide bonds. The first kappa shape index (κ1) is 14.3. The molecule has 1 aromatic heterocycles. The molecule has 0 bridgehead atoms. The molecule has 0 N–H and O–H groups in total. The van der Waals surface area contributed by atoms with Crippen LogP contribution < -0.4 is 4.74 Å². The number of nitrogens with zero attached hydrogens (tertiary/aromatic N) is 2. The molecular formula is C18H20N2O3. The maximum absolute atomic E-state index is 12.4. The molecule has 1 saturated heterocycles. The maximum atomic E-state index is 12.4. The molecule has 120 valence electrons. The average molecular weight is 312 g/mol. The van der Waals surface area contributed by atoms with Gasteiger partial charge < -0.3 is 14.2 Å². The molecule has 0 radical (unpaired) electrons. The van der Waals surface area contributed by atoms with Gasteiger partial charge in [-0.2, -0.15) is 0 Å².